The number of unbranched alkanes of at least 4 members (excludes halogenated alkanes) is 20. The zero-order valence-corrected chi connectivity index (χ0v) is 42.2. The van der Waals surface area contributed by atoms with Crippen LogP contribution in [-0.2, 0) is 28.6 Å². The van der Waals surface area contributed by atoms with Crippen LogP contribution < -0.4 is 0 Å². The molecule has 0 bridgehead atoms. The van der Waals surface area contributed by atoms with E-state index >= 15 is 0 Å². The summed E-state index contributed by atoms with van der Waals surface area (Å²) in [5, 5.41) is 0. The maximum absolute atomic E-state index is 12.8. The Hall–Kier alpha value is -3.67. The minimum atomic E-state index is -0.797. The average Bonchev–Trinajstić information content (AvgIpc) is 3.30. The molecule has 0 aromatic carbocycles. The lowest BCUT2D eigenvalue weighted by atomic mass is 10.1. The van der Waals surface area contributed by atoms with Gasteiger partial charge in [-0.1, -0.05) is 201 Å². The quantitative estimate of drug-likeness (QED) is 0.0262. The summed E-state index contributed by atoms with van der Waals surface area (Å²) in [6.45, 7) is 6.39. The number of ether oxygens (including phenoxy) is 3. The van der Waals surface area contributed by atoms with Gasteiger partial charge in [-0.05, 0) is 116 Å². The number of rotatable bonds is 47. The minimum absolute atomic E-state index is 0.0963. The van der Waals surface area contributed by atoms with Gasteiger partial charge >= 0.3 is 17.9 Å². The molecule has 1 atom stereocenters. The first-order chi connectivity index (χ1) is 32.0. The molecule has 1 unspecified atom stereocenters. The molecule has 0 radical (unpaired) electrons. The highest BCUT2D eigenvalue weighted by molar-refractivity contribution is 5.71. The molecule has 0 fully saturated rings. The molecule has 65 heavy (non-hydrogen) atoms. The Balaban J connectivity index is 4.45. The van der Waals surface area contributed by atoms with Gasteiger partial charge in [0.15, 0.2) is 6.10 Å². The van der Waals surface area contributed by atoms with E-state index in [-0.39, 0.29) is 31.1 Å². The van der Waals surface area contributed by atoms with Gasteiger partial charge in [0.25, 0.3) is 0 Å². The Morgan fingerprint density at radius 1 is 0.323 bits per heavy atom. The maximum atomic E-state index is 12.8. The summed E-state index contributed by atoms with van der Waals surface area (Å²) in [4.78, 5) is 38.0. The lowest BCUT2D eigenvalue weighted by Crippen LogP contribution is -2.30. The van der Waals surface area contributed by atoms with Crippen LogP contribution >= 0.6 is 0 Å². The fraction of sp³-hybridized carbons (Fsp3) is 0.678. The predicted octanol–water partition coefficient (Wildman–Crippen LogP) is 17.8. The molecule has 0 N–H and O–H groups in total. The van der Waals surface area contributed by atoms with Crippen molar-refractivity contribution in [3.63, 3.8) is 0 Å². The van der Waals surface area contributed by atoms with Gasteiger partial charge in [-0.15, -0.1) is 0 Å². The maximum Gasteiger partial charge on any atom is 0.306 e. The van der Waals surface area contributed by atoms with Gasteiger partial charge in [0.1, 0.15) is 13.2 Å². The van der Waals surface area contributed by atoms with Crippen molar-refractivity contribution in [3.05, 3.63) is 97.2 Å². The summed E-state index contributed by atoms with van der Waals surface area (Å²) >= 11 is 0. The highest BCUT2D eigenvalue weighted by Crippen LogP contribution is 2.13. The van der Waals surface area contributed by atoms with Gasteiger partial charge in [-0.3, -0.25) is 14.4 Å². The third-order valence-electron chi connectivity index (χ3n) is 11.0. The third kappa shape index (κ3) is 51.2. The van der Waals surface area contributed by atoms with Crippen molar-refractivity contribution >= 4 is 17.9 Å². The molecular weight excluding hydrogens is 805 g/mol. The van der Waals surface area contributed by atoms with E-state index in [0.717, 1.165) is 154 Å². The molecule has 370 valence electrons. The molecule has 0 amide bonds. The van der Waals surface area contributed by atoms with E-state index in [0.29, 0.717) is 19.3 Å². The van der Waals surface area contributed by atoms with E-state index in [2.05, 4.69) is 118 Å². The Labute approximate surface area is 400 Å². The fourth-order valence-corrected chi connectivity index (χ4v) is 7.03. The number of carbonyl (C=O) groups is 3. The molecule has 6 nitrogen and oxygen atoms in total. The molecule has 0 aromatic heterocycles. The van der Waals surface area contributed by atoms with E-state index < -0.39 is 6.10 Å². The highest BCUT2D eigenvalue weighted by atomic mass is 16.6. The average molecular weight is 903 g/mol. The molecule has 0 aliphatic heterocycles. The van der Waals surface area contributed by atoms with E-state index in [1.165, 1.54) is 44.9 Å². The molecule has 0 rings (SSSR count). The molecule has 0 aliphatic carbocycles. The van der Waals surface area contributed by atoms with Crippen molar-refractivity contribution in [2.75, 3.05) is 13.2 Å². The van der Waals surface area contributed by atoms with Crippen molar-refractivity contribution in [1.82, 2.24) is 0 Å². The minimum Gasteiger partial charge on any atom is -0.462 e. The highest BCUT2D eigenvalue weighted by Gasteiger charge is 2.19. The molecular formula is C59H98O6. The molecule has 0 aromatic rings. The van der Waals surface area contributed by atoms with Crippen LogP contribution in [0.25, 0.3) is 0 Å². The summed E-state index contributed by atoms with van der Waals surface area (Å²) in [5.41, 5.74) is 0. The van der Waals surface area contributed by atoms with Crippen LogP contribution in [0.15, 0.2) is 97.2 Å². The van der Waals surface area contributed by atoms with Crippen LogP contribution in [0.4, 0.5) is 0 Å². The Bertz CT molecular complexity index is 1310. The molecule has 0 heterocycles. The number of hydrogen-bond donors (Lipinski definition) is 0. The monoisotopic (exact) mass is 903 g/mol. The van der Waals surface area contributed by atoms with Crippen molar-refractivity contribution in [3.8, 4) is 0 Å². The van der Waals surface area contributed by atoms with Crippen LogP contribution in [0, 0.1) is 0 Å². The largest absolute Gasteiger partial charge is 0.462 e. The van der Waals surface area contributed by atoms with Gasteiger partial charge < -0.3 is 14.2 Å². The first kappa shape index (κ1) is 61.3. The van der Waals surface area contributed by atoms with Crippen LogP contribution in [-0.4, -0.2) is 37.2 Å². The second-order valence-corrected chi connectivity index (χ2v) is 17.4. The Morgan fingerprint density at radius 3 is 1.00 bits per heavy atom. The van der Waals surface area contributed by atoms with Crippen molar-refractivity contribution in [2.24, 2.45) is 0 Å². The number of carbonyl (C=O) groups excluding carboxylic acids is 3. The second-order valence-electron chi connectivity index (χ2n) is 17.4. The van der Waals surface area contributed by atoms with Crippen LogP contribution in [0.5, 0.6) is 0 Å². The van der Waals surface area contributed by atoms with Crippen LogP contribution in [0.1, 0.15) is 239 Å². The van der Waals surface area contributed by atoms with Gasteiger partial charge in [-0.2, -0.15) is 0 Å². The smallest absolute Gasteiger partial charge is 0.306 e. The molecule has 0 saturated heterocycles. The van der Waals surface area contributed by atoms with E-state index in [9.17, 15) is 14.4 Å². The zero-order chi connectivity index (χ0) is 47.2. The molecule has 6 heteroatoms. The first-order valence-electron chi connectivity index (χ1n) is 26.7. The number of allylic oxidation sites excluding steroid dienone is 16. The van der Waals surface area contributed by atoms with Gasteiger partial charge in [0, 0.05) is 19.3 Å². The Morgan fingerprint density at radius 2 is 0.631 bits per heavy atom. The number of esters is 3. The lowest BCUT2D eigenvalue weighted by molar-refractivity contribution is -0.167. The zero-order valence-electron chi connectivity index (χ0n) is 42.2. The SMILES string of the molecule is CC/C=C\C/C=C\C/C=C\C/C=C\CCCCCCCCC(=O)OCC(COC(=O)CCCCCCC/C=C\C/C=C\CCC)OC(=O)CCCCCCC/C=C\C/C=C\CCCCC. The molecule has 0 spiro atoms. The number of hydrogen-bond acceptors (Lipinski definition) is 6. The third-order valence-corrected chi connectivity index (χ3v) is 11.0. The van der Waals surface area contributed by atoms with Gasteiger partial charge in [-0.25, -0.2) is 0 Å². The summed E-state index contributed by atoms with van der Waals surface area (Å²) < 4.78 is 16.8. The topological polar surface area (TPSA) is 78.9 Å². The lowest BCUT2D eigenvalue weighted by Gasteiger charge is -2.18. The van der Waals surface area contributed by atoms with Crippen molar-refractivity contribution in [1.29, 1.82) is 0 Å². The van der Waals surface area contributed by atoms with Gasteiger partial charge in [0.2, 0.25) is 0 Å². The van der Waals surface area contributed by atoms with Crippen LogP contribution in [0.3, 0.4) is 0 Å². The van der Waals surface area contributed by atoms with E-state index in [1.807, 2.05) is 0 Å². The fourth-order valence-electron chi connectivity index (χ4n) is 7.03. The summed E-state index contributed by atoms with van der Waals surface area (Å²) in [6.07, 6.45) is 69.6. The second kappa shape index (κ2) is 52.9. The standard InChI is InChI=1S/C59H98O6/c1-4-7-10-13-16-19-22-25-27-28-29-30-32-34-37-40-43-46-49-52-58(61)64-55-56(54-63-57(60)51-48-45-42-39-36-33-24-21-18-15-12-9-6-3)65-59(62)53-50-47-44-41-38-35-31-26-23-20-17-14-11-8-5-2/h7,10,12,15-17,19-21,24-27,29-31,56H,4-6,8-9,11,13-14,18,22-23,28,32-55H2,1-3H3/b10-7-,15-12-,19-16-,20-17-,24-21-,27-25-,30-29-,31-26-. The van der Waals surface area contributed by atoms with Crippen molar-refractivity contribution in [2.45, 2.75) is 245 Å². The van der Waals surface area contributed by atoms with Crippen LogP contribution in [0.2, 0.25) is 0 Å². The normalized spacial score (nSPS) is 12.8. The Kier molecular flexibility index (Phi) is 50.0. The summed E-state index contributed by atoms with van der Waals surface area (Å²) in [5.74, 6) is -0.939. The van der Waals surface area contributed by atoms with Gasteiger partial charge in [0.05, 0.1) is 0 Å². The predicted molar refractivity (Wildman–Crippen MR) is 279 cm³/mol. The summed E-state index contributed by atoms with van der Waals surface area (Å²) in [7, 11) is 0. The van der Waals surface area contributed by atoms with Crippen molar-refractivity contribution < 1.29 is 28.6 Å². The summed E-state index contributed by atoms with van der Waals surface area (Å²) in [6, 6.07) is 0. The first-order valence-corrected chi connectivity index (χ1v) is 26.7. The molecule has 0 aliphatic rings. The molecule has 0 saturated carbocycles. The van der Waals surface area contributed by atoms with E-state index in [4.69, 9.17) is 14.2 Å². The van der Waals surface area contributed by atoms with E-state index in [1.54, 1.807) is 0 Å².